The van der Waals surface area contributed by atoms with Crippen LogP contribution in [-0.4, -0.2) is 24.9 Å². The van der Waals surface area contributed by atoms with Crippen molar-refractivity contribution in [2.45, 2.75) is 23.6 Å². The summed E-state index contributed by atoms with van der Waals surface area (Å²) in [6.07, 6.45) is -3.01. The van der Waals surface area contributed by atoms with E-state index in [1.165, 1.54) is 5.56 Å². The number of hydrogen-bond donors (Lipinski definition) is 0. The van der Waals surface area contributed by atoms with Crippen LogP contribution in [-0.2, 0) is 18.5 Å². The van der Waals surface area contributed by atoms with Crippen molar-refractivity contribution in [2.24, 2.45) is 0 Å². The maximum absolute atomic E-state index is 12.6. The first-order valence-corrected chi connectivity index (χ1v) is 9.52. The molecule has 10 heteroatoms. The van der Waals surface area contributed by atoms with Crippen molar-refractivity contribution in [2.75, 3.05) is 0 Å². The third-order valence-corrected chi connectivity index (χ3v) is 5.08. The van der Waals surface area contributed by atoms with E-state index in [0.717, 1.165) is 16.5 Å². The quantitative estimate of drug-likeness (QED) is 0.424. The molecule has 0 radical (unpaired) electrons. The van der Waals surface area contributed by atoms with Crippen LogP contribution in [0, 0.1) is 0 Å². The van der Waals surface area contributed by atoms with Gasteiger partial charge in [0.1, 0.15) is 6.33 Å². The van der Waals surface area contributed by atoms with Gasteiger partial charge in [-0.25, -0.2) is 0 Å². The SMILES string of the molecule is FC(F)(F)c1nc(-c2ccc(Cn3cnnc3SCc3ccccc3)cc2)no1. The molecule has 0 aliphatic carbocycles. The number of hydrogen-bond acceptors (Lipinski definition) is 6. The van der Waals surface area contributed by atoms with Gasteiger partial charge in [0.05, 0.1) is 6.54 Å². The molecule has 0 unspecified atom stereocenters. The molecule has 0 amide bonds. The molecule has 0 aliphatic heterocycles. The van der Waals surface area contributed by atoms with E-state index in [4.69, 9.17) is 0 Å². The molecule has 0 saturated carbocycles. The zero-order chi connectivity index (χ0) is 20.3. The molecule has 0 atom stereocenters. The molecule has 0 saturated heterocycles. The fourth-order valence-electron chi connectivity index (χ4n) is 2.60. The van der Waals surface area contributed by atoms with Crippen LogP contribution in [0.2, 0.25) is 0 Å². The highest BCUT2D eigenvalue weighted by molar-refractivity contribution is 7.98. The van der Waals surface area contributed by atoms with Crippen LogP contribution in [0.3, 0.4) is 0 Å². The lowest BCUT2D eigenvalue weighted by atomic mass is 10.1. The topological polar surface area (TPSA) is 69.6 Å². The molecule has 0 bridgehead atoms. The number of thioether (sulfide) groups is 1. The number of nitrogens with zero attached hydrogens (tertiary/aromatic N) is 5. The highest BCUT2D eigenvalue weighted by Crippen LogP contribution is 2.29. The Labute approximate surface area is 167 Å². The lowest BCUT2D eigenvalue weighted by Gasteiger charge is -2.07. The first-order chi connectivity index (χ1) is 14.0. The van der Waals surface area contributed by atoms with Gasteiger partial charge in [-0.3, -0.25) is 0 Å². The maximum atomic E-state index is 12.6. The van der Waals surface area contributed by atoms with Crippen LogP contribution in [0.1, 0.15) is 17.0 Å². The highest BCUT2D eigenvalue weighted by atomic mass is 32.2. The minimum Gasteiger partial charge on any atom is -0.329 e. The lowest BCUT2D eigenvalue weighted by Crippen LogP contribution is -2.04. The van der Waals surface area contributed by atoms with Gasteiger partial charge in [0, 0.05) is 11.3 Å². The predicted octanol–water partition coefficient (Wildman–Crippen LogP) is 4.69. The normalized spacial score (nSPS) is 11.7. The Morgan fingerprint density at radius 1 is 0.966 bits per heavy atom. The summed E-state index contributed by atoms with van der Waals surface area (Å²) in [5.74, 6) is -0.689. The summed E-state index contributed by atoms with van der Waals surface area (Å²) in [7, 11) is 0. The van der Waals surface area contributed by atoms with Crippen molar-refractivity contribution in [1.29, 1.82) is 0 Å². The van der Waals surface area contributed by atoms with Crippen molar-refractivity contribution in [3.8, 4) is 11.4 Å². The molecule has 0 aliphatic rings. The van der Waals surface area contributed by atoms with E-state index in [0.29, 0.717) is 12.1 Å². The van der Waals surface area contributed by atoms with E-state index in [2.05, 4.69) is 37.0 Å². The average molecular weight is 417 g/mol. The number of halogens is 3. The summed E-state index contributed by atoms with van der Waals surface area (Å²) in [5, 5.41) is 12.3. The summed E-state index contributed by atoms with van der Waals surface area (Å²) in [6.45, 7) is 0.532. The summed E-state index contributed by atoms with van der Waals surface area (Å²) < 4.78 is 44.0. The van der Waals surface area contributed by atoms with Crippen molar-refractivity contribution in [3.05, 3.63) is 77.9 Å². The molecule has 0 fully saturated rings. The van der Waals surface area contributed by atoms with E-state index in [-0.39, 0.29) is 5.82 Å². The van der Waals surface area contributed by atoms with Gasteiger partial charge in [0.25, 0.3) is 0 Å². The average Bonchev–Trinajstić information content (AvgIpc) is 3.37. The third-order valence-electron chi connectivity index (χ3n) is 4.02. The molecule has 4 aromatic rings. The van der Waals surface area contributed by atoms with E-state index in [1.807, 2.05) is 22.8 Å². The largest absolute Gasteiger partial charge is 0.471 e. The fourth-order valence-corrected chi connectivity index (χ4v) is 3.47. The van der Waals surface area contributed by atoms with Crippen LogP contribution in [0.15, 0.2) is 70.6 Å². The van der Waals surface area contributed by atoms with Gasteiger partial charge in [-0.1, -0.05) is 71.5 Å². The van der Waals surface area contributed by atoms with Crippen molar-refractivity contribution >= 4 is 11.8 Å². The van der Waals surface area contributed by atoms with Crippen molar-refractivity contribution in [1.82, 2.24) is 24.9 Å². The second-order valence-corrected chi connectivity index (χ2v) is 7.08. The van der Waals surface area contributed by atoms with Crippen LogP contribution in [0.25, 0.3) is 11.4 Å². The first-order valence-electron chi connectivity index (χ1n) is 8.54. The lowest BCUT2D eigenvalue weighted by molar-refractivity contribution is -0.159. The minimum atomic E-state index is -4.66. The van der Waals surface area contributed by atoms with Gasteiger partial charge in [-0.15, -0.1) is 10.2 Å². The highest BCUT2D eigenvalue weighted by Gasteiger charge is 2.38. The Hall–Kier alpha value is -3.14. The van der Waals surface area contributed by atoms with E-state index in [9.17, 15) is 13.2 Å². The Bertz CT molecular complexity index is 1080. The first kappa shape index (κ1) is 19.2. The second-order valence-electron chi connectivity index (χ2n) is 6.13. The van der Waals surface area contributed by atoms with Gasteiger partial charge in [0.2, 0.25) is 5.82 Å². The Balaban J connectivity index is 1.43. The fraction of sp³-hybridized carbons (Fsp3) is 0.158. The van der Waals surface area contributed by atoms with Gasteiger partial charge in [-0.2, -0.15) is 18.2 Å². The number of benzene rings is 2. The number of rotatable bonds is 6. The monoisotopic (exact) mass is 417 g/mol. The smallest absolute Gasteiger partial charge is 0.329 e. The number of aromatic nitrogens is 5. The summed E-state index contributed by atoms with van der Waals surface area (Å²) in [6, 6.07) is 17.0. The zero-order valence-electron chi connectivity index (χ0n) is 14.9. The molecule has 148 valence electrons. The molecular formula is C19H14F3N5OS. The Morgan fingerprint density at radius 2 is 1.72 bits per heavy atom. The molecule has 6 nitrogen and oxygen atoms in total. The molecule has 2 aromatic heterocycles. The van der Waals surface area contributed by atoms with Gasteiger partial charge >= 0.3 is 12.1 Å². The molecule has 0 spiro atoms. The van der Waals surface area contributed by atoms with Crippen molar-refractivity contribution in [3.63, 3.8) is 0 Å². The molecule has 29 heavy (non-hydrogen) atoms. The molecule has 2 heterocycles. The molecule has 4 rings (SSSR count). The van der Waals surface area contributed by atoms with Crippen LogP contribution < -0.4 is 0 Å². The van der Waals surface area contributed by atoms with E-state index in [1.54, 1.807) is 42.4 Å². The second kappa shape index (κ2) is 8.08. The van der Waals surface area contributed by atoms with Crippen LogP contribution in [0.5, 0.6) is 0 Å². The summed E-state index contributed by atoms with van der Waals surface area (Å²) in [4.78, 5) is 3.39. The maximum Gasteiger partial charge on any atom is 0.471 e. The molecular weight excluding hydrogens is 403 g/mol. The van der Waals surface area contributed by atoms with Gasteiger partial charge in [-0.05, 0) is 11.1 Å². The Morgan fingerprint density at radius 3 is 2.41 bits per heavy atom. The Kier molecular flexibility index (Phi) is 5.34. The van der Waals surface area contributed by atoms with Crippen molar-refractivity contribution < 1.29 is 17.7 Å². The minimum absolute atomic E-state index is 0.104. The zero-order valence-corrected chi connectivity index (χ0v) is 15.7. The van der Waals surface area contributed by atoms with Crippen LogP contribution in [0.4, 0.5) is 13.2 Å². The van der Waals surface area contributed by atoms with Gasteiger partial charge < -0.3 is 9.09 Å². The summed E-state index contributed by atoms with van der Waals surface area (Å²) in [5.41, 5.74) is 2.57. The van der Waals surface area contributed by atoms with E-state index < -0.39 is 12.1 Å². The predicted molar refractivity (Wildman–Crippen MR) is 99.9 cm³/mol. The molecule has 2 aromatic carbocycles. The summed E-state index contributed by atoms with van der Waals surface area (Å²) >= 11 is 1.58. The molecule has 0 N–H and O–H groups in total. The van der Waals surface area contributed by atoms with E-state index >= 15 is 0 Å². The number of alkyl halides is 3. The standard InChI is InChI=1S/C19H14F3N5OS/c20-19(21,22)17-24-16(26-28-17)15-8-6-13(7-9-15)10-27-12-23-25-18(27)29-11-14-4-2-1-3-5-14/h1-9,12H,10-11H2. The van der Waals surface area contributed by atoms with Gasteiger partial charge in [0.15, 0.2) is 5.16 Å². The third kappa shape index (κ3) is 4.65. The van der Waals surface area contributed by atoms with Crippen LogP contribution >= 0.6 is 11.8 Å².